The first-order chi connectivity index (χ1) is 10.0. The number of rotatable bonds is 4. The van der Waals surface area contributed by atoms with Crippen LogP contribution in [0.2, 0.25) is 0 Å². The summed E-state index contributed by atoms with van der Waals surface area (Å²) in [6, 6.07) is 6.88. The molecule has 21 heavy (non-hydrogen) atoms. The van der Waals surface area contributed by atoms with Gasteiger partial charge in [0, 0.05) is 35.9 Å². The second-order valence-corrected chi connectivity index (χ2v) is 6.53. The summed E-state index contributed by atoms with van der Waals surface area (Å²) in [5, 5.41) is 14.4. The van der Waals surface area contributed by atoms with Crippen molar-refractivity contribution in [1.29, 1.82) is 0 Å². The van der Waals surface area contributed by atoms with Crippen LogP contribution in [0.1, 0.15) is 31.2 Å². The van der Waals surface area contributed by atoms with Crippen molar-refractivity contribution in [2.24, 2.45) is 5.92 Å². The van der Waals surface area contributed by atoms with Crippen LogP contribution >= 0.6 is 0 Å². The quantitative estimate of drug-likeness (QED) is 0.683. The molecule has 0 spiro atoms. The Balaban J connectivity index is 1.61. The molecule has 5 heteroatoms. The van der Waals surface area contributed by atoms with Gasteiger partial charge < -0.3 is 10.2 Å². The Hall–Kier alpha value is -1.62. The smallest absolute Gasteiger partial charge is 0.274 e. The maximum atomic E-state index is 11.0. The number of hydrogen-bond acceptors (Lipinski definition) is 4. The second-order valence-electron chi connectivity index (χ2n) is 6.53. The molecule has 0 amide bonds. The number of nitrogens with one attached hydrogen (secondary N) is 1. The van der Waals surface area contributed by atoms with Crippen LogP contribution in [0.25, 0.3) is 0 Å². The van der Waals surface area contributed by atoms with Crippen molar-refractivity contribution in [3.63, 3.8) is 0 Å². The number of fused-ring (bicyclic) bond motifs is 2. The van der Waals surface area contributed by atoms with Gasteiger partial charge in [0.1, 0.15) is 0 Å². The van der Waals surface area contributed by atoms with Gasteiger partial charge in [-0.25, -0.2) is 0 Å². The first-order valence-corrected chi connectivity index (χ1v) is 7.75. The minimum atomic E-state index is -0.309. The monoisotopic (exact) mass is 289 g/mol. The predicted molar refractivity (Wildman–Crippen MR) is 83.6 cm³/mol. The molecule has 2 aliphatic heterocycles. The van der Waals surface area contributed by atoms with E-state index < -0.39 is 0 Å². The number of benzene rings is 1. The lowest BCUT2D eigenvalue weighted by molar-refractivity contribution is -0.385. The van der Waals surface area contributed by atoms with Crippen LogP contribution in [0, 0.1) is 23.0 Å². The summed E-state index contributed by atoms with van der Waals surface area (Å²) in [7, 11) is 2.25. The van der Waals surface area contributed by atoms with E-state index in [0.717, 1.165) is 24.3 Å². The zero-order valence-electron chi connectivity index (χ0n) is 12.7. The summed E-state index contributed by atoms with van der Waals surface area (Å²) >= 11 is 0. The van der Waals surface area contributed by atoms with Gasteiger partial charge in [-0.1, -0.05) is 6.07 Å². The number of nitro benzene ring substituents is 1. The maximum Gasteiger partial charge on any atom is 0.274 e. The summed E-state index contributed by atoms with van der Waals surface area (Å²) in [4.78, 5) is 13.2. The molecule has 1 aromatic carbocycles. The Morgan fingerprint density at radius 1 is 1.33 bits per heavy atom. The van der Waals surface area contributed by atoms with Crippen LogP contribution in [0.15, 0.2) is 18.2 Å². The molecular formula is C16H23N3O2. The molecule has 1 N–H and O–H groups in total. The number of aryl methyl sites for hydroxylation is 1. The zero-order chi connectivity index (χ0) is 15.0. The van der Waals surface area contributed by atoms with E-state index in [4.69, 9.17) is 0 Å². The Bertz CT molecular complexity index is 532. The number of anilines is 1. The van der Waals surface area contributed by atoms with E-state index in [1.165, 1.54) is 25.7 Å². The van der Waals surface area contributed by atoms with Gasteiger partial charge in [0.05, 0.1) is 4.92 Å². The third-order valence-corrected chi connectivity index (χ3v) is 5.20. The molecule has 0 aromatic heterocycles. The lowest BCUT2D eigenvalue weighted by Crippen LogP contribution is -2.41. The molecule has 2 fully saturated rings. The standard InChI is InChI=1S/C16H23N3O2/c1-11-3-4-13(9-16(11)19(20)21)17-10-12-7-14-5-6-15(8-12)18(14)2/h3-4,9,12,14-15,17H,5-8,10H2,1-2H3. The van der Waals surface area contributed by atoms with Crippen LogP contribution in [-0.4, -0.2) is 35.5 Å². The average molecular weight is 289 g/mol. The van der Waals surface area contributed by atoms with Gasteiger partial charge in [0.15, 0.2) is 0 Å². The minimum absolute atomic E-state index is 0.198. The highest BCUT2D eigenvalue weighted by atomic mass is 16.6. The Morgan fingerprint density at radius 2 is 2.00 bits per heavy atom. The van der Waals surface area contributed by atoms with Crippen molar-refractivity contribution < 1.29 is 4.92 Å². The van der Waals surface area contributed by atoms with Gasteiger partial charge in [0.2, 0.25) is 0 Å². The van der Waals surface area contributed by atoms with E-state index in [9.17, 15) is 10.1 Å². The van der Waals surface area contributed by atoms with Crippen molar-refractivity contribution in [2.45, 2.75) is 44.7 Å². The topological polar surface area (TPSA) is 58.4 Å². The van der Waals surface area contributed by atoms with Gasteiger partial charge in [-0.15, -0.1) is 0 Å². The predicted octanol–water partition coefficient (Wildman–Crippen LogP) is 3.19. The van der Waals surface area contributed by atoms with E-state index in [2.05, 4.69) is 17.3 Å². The molecule has 2 bridgehead atoms. The summed E-state index contributed by atoms with van der Waals surface area (Å²) in [6.07, 6.45) is 5.14. The van der Waals surface area contributed by atoms with Gasteiger partial charge in [-0.2, -0.15) is 0 Å². The molecule has 2 aliphatic rings. The molecular weight excluding hydrogens is 266 g/mol. The highest BCUT2D eigenvalue weighted by Gasteiger charge is 2.38. The summed E-state index contributed by atoms with van der Waals surface area (Å²) in [6.45, 7) is 2.69. The van der Waals surface area contributed by atoms with Crippen molar-refractivity contribution in [1.82, 2.24) is 4.90 Å². The van der Waals surface area contributed by atoms with E-state index in [0.29, 0.717) is 11.5 Å². The molecule has 0 radical (unpaired) electrons. The Morgan fingerprint density at radius 3 is 2.62 bits per heavy atom. The second kappa shape index (κ2) is 5.64. The molecule has 5 nitrogen and oxygen atoms in total. The van der Waals surface area contributed by atoms with Crippen LogP contribution in [0.4, 0.5) is 11.4 Å². The fourth-order valence-corrected chi connectivity index (χ4v) is 3.87. The SMILES string of the molecule is Cc1ccc(NCC2CC3CCC(C2)N3C)cc1[N+](=O)[O-]. The van der Waals surface area contributed by atoms with E-state index in [-0.39, 0.29) is 10.6 Å². The van der Waals surface area contributed by atoms with Gasteiger partial charge in [-0.05, 0) is 51.6 Å². The van der Waals surface area contributed by atoms with Crippen LogP contribution < -0.4 is 5.32 Å². The van der Waals surface area contributed by atoms with Gasteiger partial charge >= 0.3 is 0 Å². The fraction of sp³-hybridized carbons (Fsp3) is 0.625. The lowest BCUT2D eigenvalue weighted by Gasteiger charge is -2.36. The highest BCUT2D eigenvalue weighted by Crippen LogP contribution is 2.37. The normalized spacial score (nSPS) is 28.6. The van der Waals surface area contributed by atoms with Gasteiger partial charge in [-0.3, -0.25) is 10.1 Å². The zero-order valence-corrected chi connectivity index (χ0v) is 12.7. The van der Waals surface area contributed by atoms with E-state index >= 15 is 0 Å². The Kier molecular flexibility index (Phi) is 3.85. The van der Waals surface area contributed by atoms with Crippen LogP contribution in [0.5, 0.6) is 0 Å². The summed E-state index contributed by atoms with van der Waals surface area (Å²) < 4.78 is 0. The van der Waals surface area contributed by atoms with Crippen LogP contribution in [0.3, 0.4) is 0 Å². The number of nitro groups is 1. The highest BCUT2D eigenvalue weighted by molar-refractivity contribution is 5.54. The number of nitrogens with zero attached hydrogens (tertiary/aromatic N) is 2. The third-order valence-electron chi connectivity index (χ3n) is 5.20. The van der Waals surface area contributed by atoms with E-state index in [1.807, 2.05) is 12.1 Å². The fourth-order valence-electron chi connectivity index (χ4n) is 3.87. The number of piperidine rings is 1. The molecule has 0 aliphatic carbocycles. The summed E-state index contributed by atoms with van der Waals surface area (Å²) in [5.41, 5.74) is 1.77. The molecule has 2 unspecified atom stereocenters. The van der Waals surface area contributed by atoms with Crippen molar-refractivity contribution >= 4 is 11.4 Å². The van der Waals surface area contributed by atoms with Crippen molar-refractivity contribution in [3.05, 3.63) is 33.9 Å². The minimum Gasteiger partial charge on any atom is -0.385 e. The molecule has 1 aromatic rings. The number of hydrogen-bond donors (Lipinski definition) is 1. The summed E-state index contributed by atoms with van der Waals surface area (Å²) in [5.74, 6) is 0.680. The molecule has 3 rings (SSSR count). The Labute approximate surface area is 125 Å². The first kappa shape index (κ1) is 14.3. The first-order valence-electron chi connectivity index (χ1n) is 7.75. The molecule has 2 atom stereocenters. The van der Waals surface area contributed by atoms with Gasteiger partial charge in [0.25, 0.3) is 5.69 Å². The molecule has 2 heterocycles. The molecule has 0 saturated carbocycles. The van der Waals surface area contributed by atoms with Crippen molar-refractivity contribution in [2.75, 3.05) is 18.9 Å². The third kappa shape index (κ3) is 2.88. The maximum absolute atomic E-state index is 11.0. The largest absolute Gasteiger partial charge is 0.385 e. The molecule has 2 saturated heterocycles. The average Bonchev–Trinajstić information content (AvgIpc) is 2.68. The van der Waals surface area contributed by atoms with Crippen LogP contribution in [-0.2, 0) is 0 Å². The molecule has 114 valence electrons. The van der Waals surface area contributed by atoms with Crippen molar-refractivity contribution in [3.8, 4) is 0 Å². The lowest BCUT2D eigenvalue weighted by atomic mass is 9.91. The van der Waals surface area contributed by atoms with E-state index in [1.54, 1.807) is 13.0 Å².